The predicted molar refractivity (Wildman–Crippen MR) is 59.1 cm³/mol. The van der Waals surface area contributed by atoms with Gasteiger partial charge in [-0.1, -0.05) is 16.8 Å². The molecule has 0 aliphatic carbocycles. The highest BCUT2D eigenvalue weighted by Crippen LogP contribution is 2.49. The molecule has 0 fully saturated rings. The Balaban J connectivity index is 2.21. The average molecular weight is 255 g/mol. The smallest absolute Gasteiger partial charge is 0.231 e. The van der Waals surface area contributed by atoms with Gasteiger partial charge in [-0.15, -0.1) is 0 Å². The van der Waals surface area contributed by atoms with Crippen molar-refractivity contribution in [3.8, 4) is 28.6 Å². The molecule has 3 N–H and O–H groups in total. The number of nitrogens with two attached hydrogens (primary N) is 1. The number of nitrogen functional groups attached to an aromatic ring is 1. The molecule has 0 saturated carbocycles. The van der Waals surface area contributed by atoms with Gasteiger partial charge in [0.05, 0.1) is 5.56 Å². The molecular weight excluding hydrogens is 248 g/mol. The molecule has 0 bridgehead atoms. The summed E-state index contributed by atoms with van der Waals surface area (Å²) in [4.78, 5) is 0. The topological polar surface area (TPSA) is 90.7 Å². The third kappa shape index (κ3) is 1.45. The van der Waals surface area contributed by atoms with Crippen LogP contribution in [-0.2, 0) is 0 Å². The van der Waals surface area contributed by atoms with Gasteiger partial charge in [-0.3, -0.25) is 0 Å². The number of hydrogen-bond donors (Lipinski definition) is 2. The normalized spacial score (nSPS) is 13.0. The van der Waals surface area contributed by atoms with Crippen LogP contribution in [0.1, 0.15) is 0 Å². The maximum absolute atomic E-state index is 9.93. The van der Waals surface area contributed by atoms with E-state index in [2.05, 4.69) is 5.16 Å². The molecule has 88 valence electrons. The van der Waals surface area contributed by atoms with Gasteiger partial charge in [0.15, 0.2) is 23.1 Å². The molecule has 7 heteroatoms. The fourth-order valence-corrected chi connectivity index (χ4v) is 1.85. The number of hydrogen-bond acceptors (Lipinski definition) is 6. The van der Waals surface area contributed by atoms with Crippen LogP contribution in [0.25, 0.3) is 11.3 Å². The van der Waals surface area contributed by atoms with Crippen molar-refractivity contribution in [3.05, 3.63) is 17.2 Å². The van der Waals surface area contributed by atoms with Crippen LogP contribution in [0.4, 0.5) is 5.82 Å². The van der Waals surface area contributed by atoms with Crippen molar-refractivity contribution in [1.82, 2.24) is 5.16 Å². The SMILES string of the molecule is Nc1cc(-c2cc3c(c(Cl)c2O)OCO3)on1. The molecule has 1 aromatic carbocycles. The van der Waals surface area contributed by atoms with Crippen molar-refractivity contribution >= 4 is 17.4 Å². The Morgan fingerprint density at radius 1 is 1.35 bits per heavy atom. The first-order valence-electron chi connectivity index (χ1n) is 4.70. The number of phenolic OH excluding ortho intramolecular Hbond substituents is 1. The van der Waals surface area contributed by atoms with Gasteiger partial charge in [0.25, 0.3) is 0 Å². The molecule has 0 atom stereocenters. The Kier molecular flexibility index (Phi) is 2.05. The molecule has 3 rings (SSSR count). The minimum absolute atomic E-state index is 0.0660. The van der Waals surface area contributed by atoms with Crippen LogP contribution in [0, 0.1) is 0 Å². The van der Waals surface area contributed by atoms with E-state index in [0.29, 0.717) is 22.8 Å². The van der Waals surface area contributed by atoms with Gasteiger partial charge >= 0.3 is 0 Å². The third-order valence-corrected chi connectivity index (χ3v) is 2.72. The second-order valence-electron chi connectivity index (χ2n) is 3.44. The van der Waals surface area contributed by atoms with Crippen molar-refractivity contribution < 1.29 is 19.1 Å². The highest BCUT2D eigenvalue weighted by atomic mass is 35.5. The van der Waals surface area contributed by atoms with Gasteiger partial charge in [-0.2, -0.15) is 0 Å². The van der Waals surface area contributed by atoms with E-state index in [0.717, 1.165) is 0 Å². The van der Waals surface area contributed by atoms with E-state index in [4.69, 9.17) is 31.3 Å². The van der Waals surface area contributed by atoms with Gasteiger partial charge in [0.2, 0.25) is 6.79 Å². The molecule has 0 spiro atoms. The first-order chi connectivity index (χ1) is 8.16. The molecular formula is C10H7ClN2O4. The van der Waals surface area contributed by atoms with Crippen molar-refractivity contribution in [1.29, 1.82) is 0 Å². The quantitative estimate of drug-likeness (QED) is 0.809. The number of ether oxygens (including phenoxy) is 2. The van der Waals surface area contributed by atoms with E-state index >= 15 is 0 Å². The number of rotatable bonds is 1. The molecule has 1 aliphatic rings. The summed E-state index contributed by atoms with van der Waals surface area (Å²) in [7, 11) is 0. The Labute approximate surface area is 100 Å². The summed E-state index contributed by atoms with van der Waals surface area (Å²) in [5.74, 6) is 1.12. The number of aromatic nitrogens is 1. The zero-order chi connectivity index (χ0) is 12.0. The third-order valence-electron chi connectivity index (χ3n) is 2.37. The second-order valence-corrected chi connectivity index (χ2v) is 3.81. The number of aromatic hydroxyl groups is 1. The van der Waals surface area contributed by atoms with E-state index in [9.17, 15) is 5.11 Å². The Hall–Kier alpha value is -2.08. The maximum Gasteiger partial charge on any atom is 0.231 e. The molecule has 0 amide bonds. The van der Waals surface area contributed by atoms with E-state index in [1.807, 2.05) is 0 Å². The van der Waals surface area contributed by atoms with E-state index in [1.165, 1.54) is 6.07 Å². The number of fused-ring (bicyclic) bond motifs is 1. The van der Waals surface area contributed by atoms with E-state index < -0.39 is 0 Å². The van der Waals surface area contributed by atoms with Gasteiger partial charge in [-0.05, 0) is 6.07 Å². The lowest BCUT2D eigenvalue weighted by molar-refractivity contribution is 0.174. The summed E-state index contributed by atoms with van der Waals surface area (Å²) in [5, 5.41) is 13.5. The second kappa shape index (κ2) is 3.46. The van der Waals surface area contributed by atoms with Gasteiger partial charge in [-0.25, -0.2) is 0 Å². The fraction of sp³-hybridized carbons (Fsp3) is 0.100. The number of anilines is 1. The molecule has 2 aromatic rings. The summed E-state index contributed by atoms with van der Waals surface area (Å²) >= 11 is 5.95. The van der Waals surface area contributed by atoms with Crippen molar-refractivity contribution in [2.45, 2.75) is 0 Å². The first-order valence-corrected chi connectivity index (χ1v) is 5.08. The summed E-state index contributed by atoms with van der Waals surface area (Å²) in [6, 6.07) is 3.04. The molecule has 2 heterocycles. The monoisotopic (exact) mass is 254 g/mol. The summed E-state index contributed by atoms with van der Waals surface area (Å²) in [6.45, 7) is 0.0660. The van der Waals surface area contributed by atoms with Crippen LogP contribution in [0.2, 0.25) is 5.02 Å². The van der Waals surface area contributed by atoms with Crippen LogP contribution in [0.15, 0.2) is 16.7 Å². The van der Waals surface area contributed by atoms with Gasteiger partial charge in [0.1, 0.15) is 10.8 Å². The Bertz CT molecular complexity index is 596. The molecule has 0 radical (unpaired) electrons. The molecule has 0 unspecified atom stereocenters. The Morgan fingerprint density at radius 3 is 2.88 bits per heavy atom. The standard InChI is InChI=1S/C10H7ClN2O4/c11-8-9(14)4(5-2-7(12)13-17-5)1-6-10(8)16-3-15-6/h1-2,14H,3H2,(H2,12,13). The summed E-state index contributed by atoms with van der Waals surface area (Å²) in [6.07, 6.45) is 0. The number of benzene rings is 1. The highest BCUT2D eigenvalue weighted by molar-refractivity contribution is 6.34. The largest absolute Gasteiger partial charge is 0.505 e. The van der Waals surface area contributed by atoms with Crippen LogP contribution >= 0.6 is 11.6 Å². The maximum atomic E-state index is 9.93. The molecule has 6 nitrogen and oxygen atoms in total. The van der Waals surface area contributed by atoms with Gasteiger partial charge < -0.3 is 24.8 Å². The van der Waals surface area contributed by atoms with Crippen molar-refractivity contribution in [2.75, 3.05) is 12.5 Å². The van der Waals surface area contributed by atoms with E-state index in [1.54, 1.807) is 6.07 Å². The summed E-state index contributed by atoms with van der Waals surface area (Å²) < 4.78 is 15.3. The van der Waals surface area contributed by atoms with Crippen molar-refractivity contribution in [3.63, 3.8) is 0 Å². The number of phenols is 1. The highest BCUT2D eigenvalue weighted by Gasteiger charge is 2.25. The lowest BCUT2D eigenvalue weighted by Crippen LogP contribution is -1.93. The van der Waals surface area contributed by atoms with Crippen LogP contribution in [-0.4, -0.2) is 17.1 Å². The molecule has 1 aliphatic heterocycles. The molecule has 17 heavy (non-hydrogen) atoms. The minimum atomic E-state index is -0.160. The van der Waals surface area contributed by atoms with Crippen molar-refractivity contribution in [2.24, 2.45) is 0 Å². The van der Waals surface area contributed by atoms with Crippen LogP contribution in [0.5, 0.6) is 17.2 Å². The fourth-order valence-electron chi connectivity index (χ4n) is 1.60. The molecule has 0 saturated heterocycles. The summed E-state index contributed by atoms with van der Waals surface area (Å²) in [5.41, 5.74) is 5.79. The van der Waals surface area contributed by atoms with Crippen LogP contribution in [0.3, 0.4) is 0 Å². The van der Waals surface area contributed by atoms with Crippen LogP contribution < -0.4 is 15.2 Å². The first kappa shape index (κ1) is 10.1. The molecule has 1 aromatic heterocycles. The predicted octanol–water partition coefficient (Wildman–Crippen LogP) is 2.01. The number of halogens is 1. The average Bonchev–Trinajstić information content (AvgIpc) is 2.91. The lowest BCUT2D eigenvalue weighted by Gasteiger charge is -2.05. The van der Waals surface area contributed by atoms with Gasteiger partial charge in [0, 0.05) is 6.07 Å². The Morgan fingerprint density at radius 2 is 2.18 bits per heavy atom. The number of nitrogens with zero attached hydrogens (tertiary/aromatic N) is 1. The lowest BCUT2D eigenvalue weighted by atomic mass is 10.1. The zero-order valence-electron chi connectivity index (χ0n) is 8.44. The zero-order valence-corrected chi connectivity index (χ0v) is 9.19. The minimum Gasteiger partial charge on any atom is -0.505 e. The van der Waals surface area contributed by atoms with E-state index in [-0.39, 0.29) is 23.4 Å².